The minimum atomic E-state index is -0.574. The number of ether oxygens (including phenoxy) is 3. The molecule has 4 rings (SSSR count). The number of benzene rings is 4. The van der Waals surface area contributed by atoms with E-state index in [-0.39, 0.29) is 23.3 Å². The summed E-state index contributed by atoms with van der Waals surface area (Å²) in [5.41, 5.74) is 2.53. The van der Waals surface area contributed by atoms with Gasteiger partial charge in [0.25, 0.3) is 11.8 Å². The second-order valence-electron chi connectivity index (χ2n) is 9.90. The molecule has 4 amide bonds. The van der Waals surface area contributed by atoms with Gasteiger partial charge in [0.2, 0.25) is 11.8 Å². The second-order valence-corrected chi connectivity index (χ2v) is 10.9. The molecule has 47 heavy (non-hydrogen) atoms. The molecule has 0 aliphatic rings. The van der Waals surface area contributed by atoms with Crippen molar-refractivity contribution >= 4 is 58.5 Å². The first kappa shape index (κ1) is 34.1. The summed E-state index contributed by atoms with van der Waals surface area (Å²) >= 11 is 1.33. The summed E-state index contributed by atoms with van der Waals surface area (Å²) < 4.78 is 16.3. The molecule has 0 saturated carbocycles. The van der Waals surface area contributed by atoms with Gasteiger partial charge < -0.3 is 35.5 Å². The number of thioether (sulfide) groups is 1. The highest BCUT2D eigenvalue weighted by atomic mass is 32.2. The van der Waals surface area contributed by atoms with E-state index in [4.69, 9.17) is 14.2 Å². The van der Waals surface area contributed by atoms with Crippen LogP contribution in [0.25, 0.3) is 6.08 Å². The lowest BCUT2D eigenvalue weighted by molar-refractivity contribution is -0.114. The number of rotatable bonds is 13. The Labute approximate surface area is 276 Å². The van der Waals surface area contributed by atoms with Gasteiger partial charge in [0.05, 0.1) is 27.1 Å². The summed E-state index contributed by atoms with van der Waals surface area (Å²) in [6.07, 6.45) is 1.49. The third kappa shape index (κ3) is 9.87. The van der Waals surface area contributed by atoms with Crippen LogP contribution in [0.3, 0.4) is 0 Å². The number of hydrogen-bond donors (Lipinski definition) is 4. The van der Waals surface area contributed by atoms with Crippen molar-refractivity contribution in [3.05, 3.63) is 108 Å². The van der Waals surface area contributed by atoms with Crippen molar-refractivity contribution in [1.29, 1.82) is 0 Å². The van der Waals surface area contributed by atoms with Crippen LogP contribution in [0.1, 0.15) is 22.8 Å². The van der Waals surface area contributed by atoms with Gasteiger partial charge >= 0.3 is 0 Å². The molecule has 0 fully saturated rings. The summed E-state index contributed by atoms with van der Waals surface area (Å²) in [7, 11) is 4.48. The van der Waals surface area contributed by atoms with Gasteiger partial charge in [-0.3, -0.25) is 19.2 Å². The molecule has 4 aromatic carbocycles. The van der Waals surface area contributed by atoms with Crippen molar-refractivity contribution in [2.75, 3.05) is 43.0 Å². The molecule has 0 spiro atoms. The van der Waals surface area contributed by atoms with E-state index >= 15 is 0 Å². The molecule has 0 heterocycles. The smallest absolute Gasteiger partial charge is 0.272 e. The van der Waals surface area contributed by atoms with Gasteiger partial charge in [0.1, 0.15) is 11.4 Å². The van der Waals surface area contributed by atoms with Gasteiger partial charge in [-0.15, -0.1) is 11.8 Å². The quantitative estimate of drug-likeness (QED) is 0.104. The third-order valence-electron chi connectivity index (χ3n) is 6.54. The molecule has 4 aromatic rings. The molecule has 0 saturated heterocycles. The Kier molecular flexibility index (Phi) is 12.0. The highest BCUT2D eigenvalue weighted by Crippen LogP contribution is 2.35. The molecule has 4 N–H and O–H groups in total. The lowest BCUT2D eigenvalue weighted by Gasteiger charge is -2.15. The van der Waals surface area contributed by atoms with Crippen LogP contribution in [0.4, 0.5) is 17.1 Å². The van der Waals surface area contributed by atoms with Gasteiger partial charge in [0, 0.05) is 46.1 Å². The SMILES string of the molecule is COc1cc(OC)c(OC)cc1/C=C(\NC(=O)c1ccccc1)C(=O)Nc1ccc(SCC(=O)Nc2ccc(NC(C)=O)cc2)cc1. The maximum atomic E-state index is 13.5. The predicted molar refractivity (Wildman–Crippen MR) is 183 cm³/mol. The highest BCUT2D eigenvalue weighted by Gasteiger charge is 2.18. The lowest BCUT2D eigenvalue weighted by Crippen LogP contribution is -2.30. The first-order chi connectivity index (χ1) is 22.7. The number of carbonyl (C=O) groups is 4. The average molecular weight is 655 g/mol. The molecule has 0 aliphatic heterocycles. The Balaban J connectivity index is 1.46. The van der Waals surface area contributed by atoms with Crippen molar-refractivity contribution in [3.63, 3.8) is 0 Å². The number of amides is 4. The van der Waals surface area contributed by atoms with Crippen LogP contribution in [-0.2, 0) is 14.4 Å². The van der Waals surface area contributed by atoms with E-state index in [1.54, 1.807) is 91.0 Å². The van der Waals surface area contributed by atoms with Crippen molar-refractivity contribution in [2.45, 2.75) is 11.8 Å². The first-order valence-corrected chi connectivity index (χ1v) is 15.3. The minimum absolute atomic E-state index is 0.0374. The molecule has 242 valence electrons. The van der Waals surface area contributed by atoms with Crippen molar-refractivity contribution < 1.29 is 33.4 Å². The van der Waals surface area contributed by atoms with E-state index in [0.29, 0.717) is 45.4 Å². The van der Waals surface area contributed by atoms with E-state index in [1.165, 1.54) is 46.1 Å². The Morgan fingerprint density at radius 2 is 1.23 bits per heavy atom. The number of anilines is 3. The van der Waals surface area contributed by atoms with E-state index < -0.39 is 11.8 Å². The Morgan fingerprint density at radius 1 is 0.681 bits per heavy atom. The molecule has 11 nitrogen and oxygen atoms in total. The fourth-order valence-corrected chi connectivity index (χ4v) is 4.98. The molecule has 12 heteroatoms. The van der Waals surface area contributed by atoms with E-state index in [9.17, 15) is 19.2 Å². The summed E-state index contributed by atoms with van der Waals surface area (Å²) in [4.78, 5) is 51.1. The number of carbonyl (C=O) groups excluding carboxylic acids is 4. The van der Waals surface area contributed by atoms with Gasteiger partial charge in [-0.1, -0.05) is 18.2 Å². The van der Waals surface area contributed by atoms with Crippen LogP contribution < -0.4 is 35.5 Å². The zero-order chi connectivity index (χ0) is 33.8. The maximum absolute atomic E-state index is 13.5. The Morgan fingerprint density at radius 3 is 1.83 bits per heavy atom. The van der Waals surface area contributed by atoms with Crippen molar-refractivity contribution in [2.24, 2.45) is 0 Å². The monoisotopic (exact) mass is 654 g/mol. The van der Waals surface area contributed by atoms with E-state index in [1.807, 2.05) is 0 Å². The molecule has 0 aromatic heterocycles. The number of hydrogen-bond acceptors (Lipinski definition) is 8. The van der Waals surface area contributed by atoms with Crippen LogP contribution in [0.2, 0.25) is 0 Å². The third-order valence-corrected chi connectivity index (χ3v) is 7.55. The zero-order valence-electron chi connectivity index (χ0n) is 26.2. The average Bonchev–Trinajstić information content (AvgIpc) is 3.08. The van der Waals surface area contributed by atoms with Gasteiger partial charge in [-0.05, 0) is 72.8 Å². The van der Waals surface area contributed by atoms with Gasteiger partial charge in [-0.2, -0.15) is 0 Å². The number of methoxy groups -OCH3 is 3. The van der Waals surface area contributed by atoms with Crippen LogP contribution in [0, 0.1) is 0 Å². The fourth-order valence-electron chi connectivity index (χ4n) is 4.28. The van der Waals surface area contributed by atoms with Crippen LogP contribution in [-0.4, -0.2) is 50.7 Å². The van der Waals surface area contributed by atoms with Gasteiger partial charge in [0.15, 0.2) is 11.5 Å². The first-order valence-electron chi connectivity index (χ1n) is 14.3. The largest absolute Gasteiger partial charge is 0.496 e. The molecule has 0 atom stereocenters. The number of nitrogens with one attached hydrogen (secondary N) is 4. The summed E-state index contributed by atoms with van der Waals surface area (Å²) in [5.74, 6) is -0.0150. The normalized spacial score (nSPS) is 10.8. The Hall–Kier alpha value is -5.75. The molecule has 0 bridgehead atoms. The lowest BCUT2D eigenvalue weighted by atomic mass is 10.1. The predicted octanol–water partition coefficient (Wildman–Crippen LogP) is 5.81. The molecular weight excluding hydrogens is 620 g/mol. The molecule has 0 unspecified atom stereocenters. The zero-order valence-corrected chi connectivity index (χ0v) is 27.0. The van der Waals surface area contributed by atoms with Crippen molar-refractivity contribution in [3.8, 4) is 17.2 Å². The molecule has 0 aliphatic carbocycles. The topological polar surface area (TPSA) is 144 Å². The highest BCUT2D eigenvalue weighted by molar-refractivity contribution is 8.00. The van der Waals surface area contributed by atoms with E-state index in [2.05, 4.69) is 21.3 Å². The van der Waals surface area contributed by atoms with Gasteiger partial charge in [-0.25, -0.2) is 0 Å². The van der Waals surface area contributed by atoms with Crippen LogP contribution in [0.15, 0.2) is 102 Å². The Bertz CT molecular complexity index is 1760. The second kappa shape index (κ2) is 16.5. The van der Waals surface area contributed by atoms with Crippen LogP contribution in [0.5, 0.6) is 17.2 Å². The summed E-state index contributed by atoms with van der Waals surface area (Å²) in [6, 6.07) is 25.6. The van der Waals surface area contributed by atoms with E-state index in [0.717, 1.165) is 4.90 Å². The van der Waals surface area contributed by atoms with Crippen LogP contribution >= 0.6 is 11.8 Å². The molecule has 0 radical (unpaired) electrons. The fraction of sp³-hybridized carbons (Fsp3) is 0.143. The molecular formula is C35H34N4O7S. The summed E-state index contributed by atoms with van der Waals surface area (Å²) in [6.45, 7) is 1.42. The van der Waals surface area contributed by atoms with Crippen molar-refractivity contribution in [1.82, 2.24) is 5.32 Å². The summed E-state index contributed by atoms with van der Waals surface area (Å²) in [5, 5.41) is 11.0. The minimum Gasteiger partial charge on any atom is -0.496 e. The maximum Gasteiger partial charge on any atom is 0.272 e. The standard InChI is InChI=1S/C35H34N4O7S/c1-22(40)36-25-10-12-26(13-11-25)37-33(41)21-47-28-16-14-27(15-17-28)38-35(43)29(39-34(42)23-8-6-5-7-9-23)18-24-19-31(45-3)32(46-4)20-30(24)44-2/h5-20H,21H2,1-4H3,(H,36,40)(H,37,41)(H,38,43)(H,39,42)/b29-18-.